The van der Waals surface area contributed by atoms with Crippen molar-refractivity contribution in [1.82, 2.24) is 0 Å². The third kappa shape index (κ3) is 2.76. The van der Waals surface area contributed by atoms with Gasteiger partial charge in [-0.1, -0.05) is 12.1 Å². The van der Waals surface area contributed by atoms with Gasteiger partial charge in [-0.05, 0) is 17.7 Å². The summed E-state index contributed by atoms with van der Waals surface area (Å²) in [7, 11) is 0. The molecule has 14 heavy (non-hydrogen) atoms. The Bertz CT molecular complexity index is 327. The van der Waals surface area contributed by atoms with Crippen molar-refractivity contribution in [2.75, 3.05) is 0 Å². The van der Waals surface area contributed by atoms with Crippen molar-refractivity contribution in [3.05, 3.63) is 41.8 Å². The minimum Gasteiger partial charge on any atom is -0.481 e. The maximum absolute atomic E-state index is 12.1. The molecule has 1 radical (unpaired) electrons. The number of rotatable bonds is 2. The van der Waals surface area contributed by atoms with Crippen LogP contribution in [0.3, 0.4) is 0 Å². The van der Waals surface area contributed by atoms with Crippen LogP contribution in [0, 0.1) is 6.42 Å². The van der Waals surface area contributed by atoms with Gasteiger partial charge in [0, 0.05) is 0 Å². The summed E-state index contributed by atoms with van der Waals surface area (Å²) in [5.74, 6) is -1.19. The summed E-state index contributed by atoms with van der Waals surface area (Å²) in [6.45, 7) is 0. The summed E-state index contributed by atoms with van der Waals surface area (Å²) in [4.78, 5) is 10.2. The lowest BCUT2D eigenvalue weighted by Gasteiger charge is -2.06. The predicted octanol–water partition coefficient (Wildman–Crippen LogP) is 2.34. The smallest absolute Gasteiger partial charge is 0.416 e. The minimum atomic E-state index is -4.39. The molecule has 1 aromatic rings. The second kappa shape index (κ2) is 3.69. The predicted molar refractivity (Wildman–Crippen MR) is 42.5 cm³/mol. The first-order valence-corrected chi connectivity index (χ1v) is 3.64. The fourth-order valence-corrected chi connectivity index (χ4v) is 0.911. The first kappa shape index (κ1) is 10.6. The van der Waals surface area contributed by atoms with Crippen LogP contribution >= 0.6 is 0 Å². The molecule has 1 aromatic carbocycles. The number of carboxylic acids is 1. The number of halogens is 3. The Balaban J connectivity index is 2.84. The second-order valence-corrected chi connectivity index (χ2v) is 2.60. The Morgan fingerprint density at radius 3 is 2.07 bits per heavy atom. The van der Waals surface area contributed by atoms with E-state index in [4.69, 9.17) is 5.11 Å². The largest absolute Gasteiger partial charge is 0.481 e. The zero-order chi connectivity index (χ0) is 10.8. The number of carboxylic acid groups (broad SMARTS) is 1. The highest BCUT2D eigenvalue weighted by molar-refractivity contribution is 5.81. The van der Waals surface area contributed by atoms with Crippen molar-refractivity contribution in [1.29, 1.82) is 0 Å². The first-order chi connectivity index (χ1) is 6.39. The number of carbonyl (C=O) groups is 1. The molecule has 0 fully saturated rings. The second-order valence-electron chi connectivity index (χ2n) is 2.60. The number of aliphatic carboxylic acids is 1. The van der Waals surface area contributed by atoms with Crippen molar-refractivity contribution >= 4 is 5.97 Å². The average molecular weight is 203 g/mol. The molecule has 0 aromatic heterocycles. The Hall–Kier alpha value is -1.52. The van der Waals surface area contributed by atoms with Crippen LogP contribution in [0.25, 0.3) is 0 Å². The molecule has 0 aliphatic carbocycles. The molecule has 1 N–H and O–H groups in total. The Morgan fingerprint density at radius 2 is 1.71 bits per heavy atom. The third-order valence-corrected chi connectivity index (χ3v) is 1.53. The SMILES string of the molecule is O=C(O)[CH]c1ccc(C(F)(F)F)cc1. The van der Waals surface area contributed by atoms with E-state index in [-0.39, 0.29) is 5.56 Å². The summed E-state index contributed by atoms with van der Waals surface area (Å²) < 4.78 is 36.2. The molecule has 0 aliphatic heterocycles. The van der Waals surface area contributed by atoms with Gasteiger partial charge in [-0.25, -0.2) is 0 Å². The molecule has 0 saturated heterocycles. The van der Waals surface area contributed by atoms with E-state index < -0.39 is 17.7 Å². The van der Waals surface area contributed by atoms with E-state index >= 15 is 0 Å². The quantitative estimate of drug-likeness (QED) is 0.800. The molecule has 0 saturated carbocycles. The van der Waals surface area contributed by atoms with Crippen LogP contribution in [0.4, 0.5) is 13.2 Å². The molecular weight excluding hydrogens is 197 g/mol. The molecule has 0 aliphatic rings. The van der Waals surface area contributed by atoms with Crippen molar-refractivity contribution in [2.45, 2.75) is 6.18 Å². The van der Waals surface area contributed by atoms with E-state index in [0.29, 0.717) is 0 Å². The molecule has 0 amide bonds. The number of benzene rings is 1. The zero-order valence-corrected chi connectivity index (χ0v) is 6.88. The van der Waals surface area contributed by atoms with E-state index in [0.717, 1.165) is 30.7 Å². The fourth-order valence-electron chi connectivity index (χ4n) is 0.911. The number of alkyl halides is 3. The highest BCUT2D eigenvalue weighted by Gasteiger charge is 2.29. The zero-order valence-electron chi connectivity index (χ0n) is 6.88. The Labute approximate surface area is 78.0 Å². The molecule has 0 heterocycles. The maximum atomic E-state index is 12.1. The molecule has 0 bridgehead atoms. The molecule has 5 heteroatoms. The van der Waals surface area contributed by atoms with E-state index in [1.807, 2.05) is 0 Å². The van der Waals surface area contributed by atoms with Crippen molar-refractivity contribution < 1.29 is 23.1 Å². The van der Waals surface area contributed by atoms with Crippen molar-refractivity contribution in [2.24, 2.45) is 0 Å². The lowest BCUT2D eigenvalue weighted by Crippen LogP contribution is -2.05. The maximum Gasteiger partial charge on any atom is 0.416 e. The van der Waals surface area contributed by atoms with Gasteiger partial charge in [-0.15, -0.1) is 0 Å². The van der Waals surface area contributed by atoms with Crippen LogP contribution in [-0.4, -0.2) is 11.1 Å². The normalized spacial score (nSPS) is 11.4. The molecular formula is C9H6F3O2. The molecule has 0 unspecified atom stereocenters. The van der Waals surface area contributed by atoms with Crippen LogP contribution in [0.15, 0.2) is 24.3 Å². The van der Waals surface area contributed by atoms with E-state index in [1.165, 1.54) is 0 Å². The van der Waals surface area contributed by atoms with E-state index in [1.54, 1.807) is 0 Å². The summed E-state index contributed by atoms with van der Waals surface area (Å²) >= 11 is 0. The number of hydrogen-bond donors (Lipinski definition) is 1. The lowest BCUT2D eigenvalue weighted by molar-refractivity contribution is -0.137. The monoisotopic (exact) mass is 203 g/mol. The van der Waals surface area contributed by atoms with Crippen molar-refractivity contribution in [3.8, 4) is 0 Å². The van der Waals surface area contributed by atoms with Gasteiger partial charge in [0.25, 0.3) is 0 Å². The van der Waals surface area contributed by atoms with E-state index in [2.05, 4.69) is 0 Å². The van der Waals surface area contributed by atoms with Crippen molar-refractivity contribution in [3.63, 3.8) is 0 Å². The third-order valence-electron chi connectivity index (χ3n) is 1.53. The van der Waals surface area contributed by atoms with Gasteiger partial charge in [0.1, 0.15) is 0 Å². The summed E-state index contributed by atoms with van der Waals surface area (Å²) in [5, 5.41) is 8.32. The molecule has 0 atom stereocenters. The first-order valence-electron chi connectivity index (χ1n) is 3.64. The summed E-state index contributed by atoms with van der Waals surface area (Å²) in [6, 6.07) is 3.90. The van der Waals surface area contributed by atoms with E-state index in [9.17, 15) is 18.0 Å². The molecule has 1 rings (SSSR count). The number of hydrogen-bond acceptors (Lipinski definition) is 1. The van der Waals surface area contributed by atoms with Crippen LogP contribution in [-0.2, 0) is 11.0 Å². The van der Waals surface area contributed by atoms with Gasteiger partial charge >= 0.3 is 12.1 Å². The molecule has 2 nitrogen and oxygen atoms in total. The Morgan fingerprint density at radius 1 is 1.21 bits per heavy atom. The van der Waals surface area contributed by atoms with Gasteiger partial charge in [0.05, 0.1) is 12.0 Å². The van der Waals surface area contributed by atoms with Gasteiger partial charge in [0.2, 0.25) is 0 Å². The van der Waals surface area contributed by atoms with Crippen LogP contribution in [0.5, 0.6) is 0 Å². The van der Waals surface area contributed by atoms with Gasteiger partial charge in [-0.3, -0.25) is 4.79 Å². The minimum absolute atomic E-state index is 0.227. The van der Waals surface area contributed by atoms with Crippen LogP contribution < -0.4 is 0 Å². The molecule has 75 valence electrons. The summed E-state index contributed by atoms with van der Waals surface area (Å²) in [5.41, 5.74) is -0.564. The van der Waals surface area contributed by atoms with Gasteiger partial charge in [0.15, 0.2) is 0 Å². The average Bonchev–Trinajstić information content (AvgIpc) is 2.02. The van der Waals surface area contributed by atoms with Gasteiger partial charge in [-0.2, -0.15) is 13.2 Å². The van der Waals surface area contributed by atoms with Gasteiger partial charge < -0.3 is 5.11 Å². The Kier molecular flexibility index (Phi) is 2.78. The summed E-state index contributed by atoms with van der Waals surface area (Å²) in [6.07, 6.45) is -3.55. The molecule has 0 spiro atoms. The van der Waals surface area contributed by atoms with Crippen LogP contribution in [0.1, 0.15) is 11.1 Å². The fraction of sp³-hybridized carbons (Fsp3) is 0.111. The highest BCUT2D eigenvalue weighted by atomic mass is 19.4. The topological polar surface area (TPSA) is 37.3 Å². The highest BCUT2D eigenvalue weighted by Crippen LogP contribution is 2.29. The lowest BCUT2D eigenvalue weighted by atomic mass is 10.1. The standard InChI is InChI=1S/C9H6F3O2/c10-9(11,12)7-3-1-6(2-4-7)5-8(13)14/h1-5H,(H,13,14). The van der Waals surface area contributed by atoms with Crippen LogP contribution in [0.2, 0.25) is 0 Å².